The lowest BCUT2D eigenvalue weighted by Crippen LogP contribution is -2.27. The lowest BCUT2D eigenvalue weighted by molar-refractivity contribution is -0.116. The number of thiophene rings is 1. The van der Waals surface area contributed by atoms with E-state index in [1.807, 2.05) is 0 Å². The Bertz CT molecular complexity index is 1300. The van der Waals surface area contributed by atoms with Gasteiger partial charge < -0.3 is 9.88 Å². The maximum absolute atomic E-state index is 12.8. The van der Waals surface area contributed by atoms with Crippen molar-refractivity contribution in [3.05, 3.63) is 49.3 Å². The van der Waals surface area contributed by atoms with Crippen LogP contribution >= 0.6 is 34.9 Å². The van der Waals surface area contributed by atoms with Crippen LogP contribution in [0, 0.1) is 15.3 Å². The average Bonchev–Trinajstić information content (AvgIpc) is 3.11. The van der Waals surface area contributed by atoms with Crippen molar-refractivity contribution in [1.29, 1.82) is 5.26 Å². The zero-order chi connectivity index (χ0) is 21.3. The van der Waals surface area contributed by atoms with Gasteiger partial charge in [-0.05, 0) is 43.5 Å². The first-order chi connectivity index (χ1) is 14.5. The Hall–Kier alpha value is -2.61. The highest BCUT2D eigenvalue weighted by atomic mass is 32.1. The van der Waals surface area contributed by atoms with Crippen LogP contribution in [-0.4, -0.2) is 20.0 Å². The van der Waals surface area contributed by atoms with Gasteiger partial charge in [-0.3, -0.25) is 14.2 Å². The van der Waals surface area contributed by atoms with Crippen LogP contribution in [-0.2, 0) is 30.7 Å². The summed E-state index contributed by atoms with van der Waals surface area (Å²) < 4.78 is 3.96. The molecule has 0 spiro atoms. The molecule has 10 heteroatoms. The van der Waals surface area contributed by atoms with Gasteiger partial charge in [-0.15, -0.1) is 17.9 Å². The van der Waals surface area contributed by atoms with E-state index in [9.17, 15) is 14.9 Å². The van der Waals surface area contributed by atoms with E-state index in [2.05, 4.69) is 22.9 Å². The second-order valence-electron chi connectivity index (χ2n) is 7.03. The van der Waals surface area contributed by atoms with Crippen molar-refractivity contribution in [3.8, 4) is 6.07 Å². The average molecular weight is 458 g/mol. The van der Waals surface area contributed by atoms with Crippen molar-refractivity contribution >= 4 is 56.1 Å². The Morgan fingerprint density at radius 3 is 2.93 bits per heavy atom. The Kier molecular flexibility index (Phi) is 5.94. The summed E-state index contributed by atoms with van der Waals surface area (Å²) in [5.41, 5.74) is 1.82. The third-order valence-electron chi connectivity index (χ3n) is 5.05. The lowest BCUT2D eigenvalue weighted by atomic mass is 10.1. The quantitative estimate of drug-likeness (QED) is 0.355. The zero-order valence-electron chi connectivity index (χ0n) is 16.1. The molecule has 0 saturated heterocycles. The minimum Gasteiger partial charge on any atom is -0.315 e. The Labute approximate surface area is 185 Å². The molecule has 1 aliphatic rings. The first-order valence-corrected chi connectivity index (χ1v) is 11.6. The van der Waals surface area contributed by atoms with Gasteiger partial charge in [0.2, 0.25) is 5.91 Å². The molecule has 30 heavy (non-hydrogen) atoms. The number of allylic oxidation sites excluding steroid dienone is 1. The van der Waals surface area contributed by atoms with Crippen LogP contribution in [0.15, 0.2) is 23.8 Å². The van der Waals surface area contributed by atoms with Crippen LogP contribution < -0.4 is 10.9 Å². The van der Waals surface area contributed by atoms with Crippen LogP contribution in [0.25, 0.3) is 10.3 Å². The number of fused-ring (bicyclic) bond motifs is 2. The number of hydrogen-bond donors (Lipinski definition) is 1. The van der Waals surface area contributed by atoms with Crippen LogP contribution in [0.5, 0.6) is 0 Å². The van der Waals surface area contributed by atoms with Crippen LogP contribution in [0.1, 0.15) is 35.3 Å². The van der Waals surface area contributed by atoms with Gasteiger partial charge in [0.25, 0.3) is 5.56 Å². The van der Waals surface area contributed by atoms with Crippen molar-refractivity contribution in [2.45, 2.75) is 45.2 Å². The Balaban J connectivity index is 1.59. The van der Waals surface area contributed by atoms with Crippen molar-refractivity contribution in [2.24, 2.45) is 0 Å². The highest BCUT2D eigenvalue weighted by Crippen LogP contribution is 2.36. The third-order valence-corrected chi connectivity index (χ3v) is 7.69. The third kappa shape index (κ3) is 3.76. The fourth-order valence-corrected chi connectivity index (χ4v) is 6.22. The molecule has 3 heterocycles. The molecule has 0 fully saturated rings. The first-order valence-electron chi connectivity index (χ1n) is 9.57. The summed E-state index contributed by atoms with van der Waals surface area (Å²) in [5, 5.41) is 13.0. The molecule has 0 unspecified atom stereocenters. The van der Waals surface area contributed by atoms with E-state index in [0.717, 1.165) is 37.7 Å². The number of carbonyl (C=O) groups excluding carboxylic acids is 1. The van der Waals surface area contributed by atoms with Crippen molar-refractivity contribution in [3.63, 3.8) is 0 Å². The number of nitriles is 1. The summed E-state index contributed by atoms with van der Waals surface area (Å²) in [5.74, 6) is -0.361. The van der Waals surface area contributed by atoms with E-state index in [0.29, 0.717) is 31.4 Å². The van der Waals surface area contributed by atoms with Gasteiger partial charge in [0.05, 0.1) is 5.56 Å². The van der Waals surface area contributed by atoms with E-state index in [4.69, 9.17) is 12.2 Å². The lowest BCUT2D eigenvalue weighted by Gasteiger charge is -2.07. The topological polar surface area (TPSA) is 92.7 Å². The monoisotopic (exact) mass is 457 g/mol. The number of aromatic nitrogens is 3. The highest BCUT2D eigenvalue weighted by Gasteiger charge is 2.21. The molecule has 0 aromatic carbocycles. The second kappa shape index (κ2) is 8.63. The summed E-state index contributed by atoms with van der Waals surface area (Å²) in [6.45, 7) is 3.99. The molecule has 0 atom stereocenters. The minimum absolute atomic E-state index is 0.179. The summed E-state index contributed by atoms with van der Waals surface area (Å²) in [6.07, 6.45) is 8.19. The van der Waals surface area contributed by atoms with Gasteiger partial charge in [-0.2, -0.15) is 5.26 Å². The predicted octanol–water partition coefficient (Wildman–Crippen LogP) is 4.02. The molecular formula is C20H19N5O2S3. The summed E-state index contributed by atoms with van der Waals surface area (Å²) in [7, 11) is 0. The minimum atomic E-state index is -0.361. The SMILES string of the molecule is C=CCn1c(=S)sc2c(=O)n(CC(=O)Nc3sc4c(c3C#N)CCCCC4)cnc21. The largest absolute Gasteiger partial charge is 0.315 e. The van der Waals surface area contributed by atoms with E-state index >= 15 is 0 Å². The molecule has 1 aliphatic carbocycles. The number of anilines is 1. The number of hydrogen-bond acceptors (Lipinski definition) is 7. The molecule has 4 rings (SSSR count). The van der Waals surface area contributed by atoms with E-state index < -0.39 is 0 Å². The smallest absolute Gasteiger partial charge is 0.273 e. The maximum atomic E-state index is 12.8. The molecule has 1 N–H and O–H groups in total. The molecule has 7 nitrogen and oxygen atoms in total. The van der Waals surface area contributed by atoms with Crippen molar-refractivity contribution < 1.29 is 4.79 Å². The standard InChI is InChI=1S/C20H19N5O2S3/c1-2-8-25-17-16(30-20(25)28)19(27)24(11-22-17)10-15(26)23-18-13(9-21)12-6-4-3-5-7-14(12)29-18/h2,11H,1,3-8,10H2,(H,23,26). The number of nitrogens with zero attached hydrogens (tertiary/aromatic N) is 4. The van der Waals surface area contributed by atoms with Crippen molar-refractivity contribution in [2.75, 3.05) is 5.32 Å². The molecule has 0 bridgehead atoms. The molecule has 154 valence electrons. The van der Waals surface area contributed by atoms with Crippen LogP contribution in [0.2, 0.25) is 0 Å². The van der Waals surface area contributed by atoms with Gasteiger partial charge in [-0.1, -0.05) is 23.8 Å². The Morgan fingerprint density at radius 1 is 1.37 bits per heavy atom. The fraction of sp³-hybridized carbons (Fsp3) is 0.350. The molecule has 1 amide bonds. The number of carbonyl (C=O) groups is 1. The van der Waals surface area contributed by atoms with Gasteiger partial charge in [0.15, 0.2) is 9.60 Å². The number of thiazole rings is 1. The summed E-state index contributed by atoms with van der Waals surface area (Å²) >= 11 is 7.97. The van der Waals surface area contributed by atoms with E-state index in [1.165, 1.54) is 38.4 Å². The first kappa shape index (κ1) is 20.7. The number of amides is 1. The van der Waals surface area contributed by atoms with Gasteiger partial charge in [0, 0.05) is 11.4 Å². The van der Waals surface area contributed by atoms with Gasteiger partial charge in [0.1, 0.15) is 28.6 Å². The summed E-state index contributed by atoms with van der Waals surface area (Å²) in [6, 6.07) is 2.25. The fourth-order valence-electron chi connectivity index (χ4n) is 3.64. The molecule has 0 saturated carbocycles. The maximum Gasteiger partial charge on any atom is 0.273 e. The van der Waals surface area contributed by atoms with Crippen molar-refractivity contribution in [1.82, 2.24) is 14.1 Å². The highest BCUT2D eigenvalue weighted by molar-refractivity contribution is 7.73. The molecular weight excluding hydrogens is 438 g/mol. The van der Waals surface area contributed by atoms with Crippen LogP contribution in [0.3, 0.4) is 0 Å². The zero-order valence-corrected chi connectivity index (χ0v) is 18.6. The summed E-state index contributed by atoms with van der Waals surface area (Å²) in [4.78, 5) is 31.0. The number of nitrogens with one attached hydrogen (secondary N) is 1. The van der Waals surface area contributed by atoms with Crippen LogP contribution in [0.4, 0.5) is 5.00 Å². The van der Waals surface area contributed by atoms with E-state index in [-0.39, 0.29) is 18.0 Å². The number of aryl methyl sites for hydroxylation is 1. The second-order valence-corrected chi connectivity index (χ2v) is 9.78. The molecule has 0 radical (unpaired) electrons. The predicted molar refractivity (Wildman–Crippen MR) is 122 cm³/mol. The number of rotatable bonds is 5. The normalized spacial score (nSPS) is 13.4. The molecule has 3 aromatic rings. The molecule has 3 aromatic heterocycles. The van der Waals surface area contributed by atoms with Gasteiger partial charge in [-0.25, -0.2) is 4.98 Å². The molecule has 0 aliphatic heterocycles. The van der Waals surface area contributed by atoms with Gasteiger partial charge >= 0.3 is 0 Å². The van der Waals surface area contributed by atoms with E-state index in [1.54, 1.807) is 10.6 Å². The Morgan fingerprint density at radius 2 is 2.17 bits per heavy atom.